The van der Waals surface area contributed by atoms with E-state index in [-0.39, 0.29) is 18.5 Å². The van der Waals surface area contributed by atoms with Gasteiger partial charge in [0, 0.05) is 46.0 Å². The van der Waals surface area contributed by atoms with E-state index in [9.17, 15) is 13.2 Å². The molecule has 1 aliphatic rings. The van der Waals surface area contributed by atoms with Crippen molar-refractivity contribution < 1.29 is 13.2 Å². The summed E-state index contributed by atoms with van der Waals surface area (Å²) in [6, 6.07) is 1.89. The molecule has 0 aliphatic carbocycles. The first-order valence-corrected chi connectivity index (χ1v) is 9.05. The molecule has 0 aromatic carbocycles. The van der Waals surface area contributed by atoms with Crippen LogP contribution in [0.25, 0.3) is 0 Å². The first kappa shape index (κ1) is 16.9. The van der Waals surface area contributed by atoms with Crippen molar-refractivity contribution in [2.24, 2.45) is 0 Å². The molecule has 0 saturated carbocycles. The van der Waals surface area contributed by atoms with E-state index in [1.54, 1.807) is 25.2 Å². The lowest BCUT2D eigenvalue weighted by atomic mass is 10.1. The molecule has 1 N–H and O–H groups in total. The van der Waals surface area contributed by atoms with E-state index >= 15 is 0 Å². The van der Waals surface area contributed by atoms with Crippen molar-refractivity contribution in [3.63, 3.8) is 0 Å². The Bertz CT molecular complexity index is 625. The van der Waals surface area contributed by atoms with E-state index in [0.717, 1.165) is 18.4 Å². The van der Waals surface area contributed by atoms with Gasteiger partial charge < -0.3 is 4.90 Å². The smallest absolute Gasteiger partial charge is 0.236 e. The van der Waals surface area contributed by atoms with E-state index in [1.165, 1.54) is 0 Å². The largest absolute Gasteiger partial charge is 0.348 e. The average molecular weight is 329 g/mol. The van der Waals surface area contributed by atoms with Gasteiger partial charge in [0.25, 0.3) is 0 Å². The fraction of sp³-hybridized carbons (Fsp3) is 0.692. The molecular formula is C13H23N5O3S. The minimum atomic E-state index is -3.25. The van der Waals surface area contributed by atoms with Crippen LogP contribution in [0.15, 0.2) is 12.3 Å². The standard InChI is InChI=1S/C13H23N5O3S/c1-16(2)13(19)10-17-9-12-4-6-14-18(12)7-5-11(17)8-15-22(3,20)21/h4,6,11,15H,5,7-10H2,1-3H3. The number of amides is 1. The second-order valence-electron chi connectivity index (χ2n) is 5.80. The Labute approximate surface area is 131 Å². The summed E-state index contributed by atoms with van der Waals surface area (Å²) in [5, 5.41) is 4.26. The third kappa shape index (κ3) is 4.52. The summed E-state index contributed by atoms with van der Waals surface area (Å²) in [5.41, 5.74) is 1.04. The van der Waals surface area contributed by atoms with Gasteiger partial charge in [-0.3, -0.25) is 14.4 Å². The lowest BCUT2D eigenvalue weighted by Gasteiger charge is -2.29. The molecule has 9 heteroatoms. The second-order valence-corrected chi connectivity index (χ2v) is 7.63. The van der Waals surface area contributed by atoms with Gasteiger partial charge in [0.15, 0.2) is 0 Å². The highest BCUT2D eigenvalue weighted by molar-refractivity contribution is 7.88. The minimum Gasteiger partial charge on any atom is -0.348 e. The molecule has 1 amide bonds. The SMILES string of the molecule is CN(C)C(=O)CN1Cc2ccnn2CCC1CNS(C)(=O)=O. The number of nitrogens with zero attached hydrogens (tertiary/aromatic N) is 4. The number of aryl methyl sites for hydroxylation is 1. The van der Waals surface area contributed by atoms with Crippen LogP contribution in [0, 0.1) is 0 Å². The summed E-state index contributed by atoms with van der Waals surface area (Å²) in [6.07, 6.45) is 3.62. The number of hydrogen-bond acceptors (Lipinski definition) is 5. The number of carbonyl (C=O) groups is 1. The molecule has 1 aromatic heterocycles. The van der Waals surface area contributed by atoms with E-state index in [4.69, 9.17) is 0 Å². The van der Waals surface area contributed by atoms with Crippen molar-refractivity contribution in [2.45, 2.75) is 25.6 Å². The van der Waals surface area contributed by atoms with E-state index in [0.29, 0.717) is 19.6 Å². The molecule has 22 heavy (non-hydrogen) atoms. The molecule has 0 saturated heterocycles. The molecule has 0 radical (unpaired) electrons. The topological polar surface area (TPSA) is 87.5 Å². The molecule has 0 fully saturated rings. The Balaban J connectivity index is 2.14. The first-order valence-electron chi connectivity index (χ1n) is 7.16. The number of rotatable bonds is 5. The summed E-state index contributed by atoms with van der Waals surface area (Å²) in [5.74, 6) is -0.00248. The quantitative estimate of drug-likeness (QED) is 0.756. The molecule has 1 atom stereocenters. The molecule has 1 aromatic rings. The molecule has 2 rings (SSSR count). The molecule has 0 spiro atoms. The maximum atomic E-state index is 12.0. The number of likely N-dealkylation sites (N-methyl/N-ethyl adjacent to an activating group) is 1. The van der Waals surface area contributed by atoms with Crippen LogP contribution in [0.3, 0.4) is 0 Å². The molecule has 0 bridgehead atoms. The van der Waals surface area contributed by atoms with Crippen molar-refractivity contribution in [2.75, 3.05) is 33.4 Å². The number of fused-ring (bicyclic) bond motifs is 1. The highest BCUT2D eigenvalue weighted by Gasteiger charge is 2.26. The highest BCUT2D eigenvalue weighted by atomic mass is 32.2. The molecule has 1 unspecified atom stereocenters. The van der Waals surface area contributed by atoms with Gasteiger partial charge in [-0.25, -0.2) is 13.1 Å². The summed E-state index contributed by atoms with van der Waals surface area (Å²) in [6.45, 7) is 1.85. The lowest BCUT2D eigenvalue weighted by molar-refractivity contribution is -0.130. The van der Waals surface area contributed by atoms with Gasteiger partial charge in [0.05, 0.1) is 18.5 Å². The van der Waals surface area contributed by atoms with E-state index in [1.807, 2.05) is 15.6 Å². The van der Waals surface area contributed by atoms with Gasteiger partial charge in [-0.2, -0.15) is 5.10 Å². The van der Waals surface area contributed by atoms with Crippen LogP contribution in [-0.4, -0.2) is 73.4 Å². The Morgan fingerprint density at radius 1 is 1.50 bits per heavy atom. The zero-order valence-electron chi connectivity index (χ0n) is 13.2. The monoisotopic (exact) mass is 329 g/mol. The molecule has 1 aliphatic heterocycles. The van der Waals surface area contributed by atoms with E-state index < -0.39 is 10.0 Å². The van der Waals surface area contributed by atoms with Crippen LogP contribution in [0.4, 0.5) is 0 Å². The first-order chi connectivity index (χ1) is 10.3. The zero-order chi connectivity index (χ0) is 16.3. The molecular weight excluding hydrogens is 306 g/mol. The van der Waals surface area contributed by atoms with Crippen LogP contribution in [0.1, 0.15) is 12.1 Å². The number of carbonyl (C=O) groups excluding carboxylic acids is 1. The van der Waals surface area contributed by atoms with Crippen LogP contribution < -0.4 is 4.72 Å². The second kappa shape index (κ2) is 6.76. The number of sulfonamides is 1. The van der Waals surface area contributed by atoms with Crippen LogP contribution in [-0.2, 0) is 27.9 Å². The number of nitrogens with one attached hydrogen (secondary N) is 1. The average Bonchev–Trinajstić information content (AvgIpc) is 2.77. The maximum absolute atomic E-state index is 12.0. The van der Waals surface area contributed by atoms with Crippen molar-refractivity contribution in [1.29, 1.82) is 0 Å². The normalized spacial score (nSPS) is 19.5. The number of hydrogen-bond donors (Lipinski definition) is 1. The molecule has 2 heterocycles. The Morgan fingerprint density at radius 2 is 2.23 bits per heavy atom. The predicted molar refractivity (Wildman–Crippen MR) is 82.6 cm³/mol. The predicted octanol–water partition coefficient (Wildman–Crippen LogP) is -0.905. The van der Waals surface area contributed by atoms with Gasteiger partial charge in [-0.15, -0.1) is 0 Å². The van der Waals surface area contributed by atoms with E-state index in [2.05, 4.69) is 9.82 Å². The third-order valence-electron chi connectivity index (χ3n) is 3.78. The minimum absolute atomic E-state index is 0.00248. The molecule has 124 valence electrons. The van der Waals surface area contributed by atoms with Gasteiger partial charge in [-0.1, -0.05) is 0 Å². The summed E-state index contributed by atoms with van der Waals surface area (Å²) in [4.78, 5) is 15.6. The van der Waals surface area contributed by atoms with Gasteiger partial charge >= 0.3 is 0 Å². The van der Waals surface area contributed by atoms with Gasteiger partial charge in [0.2, 0.25) is 15.9 Å². The molecule has 8 nitrogen and oxygen atoms in total. The maximum Gasteiger partial charge on any atom is 0.236 e. The Hall–Kier alpha value is -1.45. The summed E-state index contributed by atoms with van der Waals surface area (Å²) >= 11 is 0. The van der Waals surface area contributed by atoms with Crippen LogP contribution >= 0.6 is 0 Å². The number of aromatic nitrogens is 2. The zero-order valence-corrected chi connectivity index (χ0v) is 14.0. The Kier molecular flexibility index (Phi) is 5.20. The van der Waals surface area contributed by atoms with Crippen LogP contribution in [0.5, 0.6) is 0 Å². The summed E-state index contributed by atoms with van der Waals surface area (Å²) in [7, 11) is 0.181. The fourth-order valence-electron chi connectivity index (χ4n) is 2.47. The lowest BCUT2D eigenvalue weighted by Crippen LogP contribution is -2.46. The van der Waals surface area contributed by atoms with Gasteiger partial charge in [0.1, 0.15) is 0 Å². The Morgan fingerprint density at radius 3 is 2.86 bits per heavy atom. The highest BCUT2D eigenvalue weighted by Crippen LogP contribution is 2.17. The third-order valence-corrected chi connectivity index (χ3v) is 4.47. The summed E-state index contributed by atoms with van der Waals surface area (Å²) < 4.78 is 27.1. The van der Waals surface area contributed by atoms with Crippen molar-refractivity contribution in [3.05, 3.63) is 18.0 Å². The fourth-order valence-corrected chi connectivity index (χ4v) is 2.96. The van der Waals surface area contributed by atoms with Gasteiger partial charge in [-0.05, 0) is 12.5 Å². The van der Waals surface area contributed by atoms with Crippen molar-refractivity contribution in [1.82, 2.24) is 24.3 Å². The van der Waals surface area contributed by atoms with Crippen molar-refractivity contribution in [3.8, 4) is 0 Å². The van der Waals surface area contributed by atoms with Crippen molar-refractivity contribution >= 4 is 15.9 Å². The van der Waals surface area contributed by atoms with Crippen LogP contribution in [0.2, 0.25) is 0 Å².